The summed E-state index contributed by atoms with van der Waals surface area (Å²) in [5, 5.41) is 0.714. The topological polar surface area (TPSA) is 66.0 Å². The van der Waals surface area contributed by atoms with Gasteiger partial charge in [0.15, 0.2) is 0 Å². The van der Waals surface area contributed by atoms with Crippen LogP contribution in [0.15, 0.2) is 24.4 Å². The quantitative estimate of drug-likeness (QED) is 0.530. The van der Waals surface area contributed by atoms with Crippen molar-refractivity contribution in [3.05, 3.63) is 30.0 Å². The number of piperidine rings is 2. The van der Waals surface area contributed by atoms with Crippen LogP contribution in [0.25, 0.3) is 10.9 Å². The molecule has 1 aromatic heterocycles. The molecular weight excluding hydrogens is 429 g/mol. The number of amides is 1. The zero-order chi connectivity index (χ0) is 21.8. The first-order valence-electron chi connectivity index (χ1n) is 10.8. The van der Waals surface area contributed by atoms with Gasteiger partial charge < -0.3 is 14.1 Å². The molecular formula is C22H24F3N2O3S+. The molecule has 2 spiro atoms. The number of hydrogen-bond donors (Lipinski definition) is 1. The third-order valence-electron chi connectivity index (χ3n) is 8.22. The van der Waals surface area contributed by atoms with Crippen molar-refractivity contribution in [2.24, 2.45) is 11.3 Å². The van der Waals surface area contributed by atoms with Gasteiger partial charge in [-0.15, -0.1) is 0 Å². The fourth-order valence-corrected chi connectivity index (χ4v) is 7.65. The predicted octanol–water partition coefficient (Wildman–Crippen LogP) is 4.63. The molecule has 31 heavy (non-hydrogen) atoms. The Balaban J connectivity index is 1.22. The molecule has 3 saturated carbocycles. The Labute approximate surface area is 180 Å². The molecule has 9 heteroatoms. The van der Waals surface area contributed by atoms with Crippen molar-refractivity contribution in [3.8, 4) is 5.75 Å². The van der Waals surface area contributed by atoms with Crippen LogP contribution in [-0.4, -0.2) is 41.3 Å². The maximum atomic E-state index is 13.3. The summed E-state index contributed by atoms with van der Waals surface area (Å²) in [6.45, 7) is 1.98. The number of alkyl halides is 3. The van der Waals surface area contributed by atoms with Crippen LogP contribution in [0.2, 0.25) is 0 Å². The lowest BCUT2D eigenvalue weighted by Crippen LogP contribution is -2.49. The summed E-state index contributed by atoms with van der Waals surface area (Å²) in [7, 11) is 0. The molecule has 5 nitrogen and oxygen atoms in total. The second kappa shape index (κ2) is 6.05. The minimum atomic E-state index is -4.89. The van der Waals surface area contributed by atoms with Crippen LogP contribution < -0.4 is 0 Å². The van der Waals surface area contributed by atoms with Crippen LogP contribution in [-0.2, 0) is 15.9 Å². The van der Waals surface area contributed by atoms with Crippen molar-refractivity contribution >= 4 is 27.9 Å². The Morgan fingerprint density at radius 2 is 2.16 bits per heavy atom. The van der Waals surface area contributed by atoms with Crippen LogP contribution in [0.1, 0.15) is 56.9 Å². The van der Waals surface area contributed by atoms with Crippen LogP contribution in [0.3, 0.4) is 0 Å². The van der Waals surface area contributed by atoms with Crippen molar-refractivity contribution in [1.82, 2.24) is 9.88 Å². The van der Waals surface area contributed by atoms with Crippen molar-refractivity contribution in [3.63, 3.8) is 0 Å². The Bertz CT molecular complexity index is 1130. The van der Waals surface area contributed by atoms with E-state index in [4.69, 9.17) is 0 Å². The smallest absolute Gasteiger partial charge is 0.484 e. The minimum Gasteiger partial charge on any atom is -0.484 e. The summed E-state index contributed by atoms with van der Waals surface area (Å²) >= 11 is -3.30. The zero-order valence-electron chi connectivity index (χ0n) is 17.0. The number of aromatic amines is 1. The number of nitrogens with zero attached hydrogens (tertiary/aromatic N) is 1. The number of aromatic nitrogens is 1. The van der Waals surface area contributed by atoms with Crippen molar-refractivity contribution in [2.45, 2.75) is 68.5 Å². The van der Waals surface area contributed by atoms with E-state index in [0.717, 1.165) is 36.3 Å². The number of hydrogen-bond acceptors (Lipinski definition) is 2. The van der Waals surface area contributed by atoms with E-state index in [-0.39, 0.29) is 23.1 Å². The fraction of sp³-hybridized carbons (Fsp3) is 0.591. The molecule has 5 fully saturated rings. The van der Waals surface area contributed by atoms with E-state index in [1.54, 1.807) is 6.07 Å². The van der Waals surface area contributed by atoms with Gasteiger partial charge in [0.05, 0.1) is 0 Å². The number of H-pyrrole nitrogens is 1. The van der Waals surface area contributed by atoms with E-state index in [1.165, 1.54) is 25.0 Å². The molecule has 4 bridgehead atoms. The molecule has 1 aromatic carbocycles. The van der Waals surface area contributed by atoms with E-state index < -0.39 is 16.6 Å². The molecule has 166 valence electrons. The van der Waals surface area contributed by atoms with E-state index >= 15 is 0 Å². The number of carbonyl (C=O) groups is 1. The second-order valence-electron chi connectivity index (χ2n) is 9.99. The first kappa shape index (κ1) is 19.6. The summed E-state index contributed by atoms with van der Waals surface area (Å²) in [5.74, 6) is 0.917. The average molecular weight is 454 g/mol. The molecule has 2 aliphatic heterocycles. The number of halogens is 3. The monoisotopic (exact) mass is 453 g/mol. The lowest BCUT2D eigenvalue weighted by atomic mass is 9.79. The maximum Gasteiger partial charge on any atom is 0.558 e. The molecule has 0 radical (unpaired) electrons. The van der Waals surface area contributed by atoms with Gasteiger partial charge >= 0.3 is 16.6 Å². The lowest BCUT2D eigenvalue weighted by Gasteiger charge is -2.42. The summed E-state index contributed by atoms with van der Waals surface area (Å²) in [6.07, 6.45) is 8.11. The van der Waals surface area contributed by atoms with Crippen molar-refractivity contribution in [1.29, 1.82) is 0 Å². The first-order chi connectivity index (χ1) is 14.6. The summed E-state index contributed by atoms with van der Waals surface area (Å²) < 4.78 is 52.5. The highest BCUT2D eigenvalue weighted by Gasteiger charge is 2.82. The molecule has 2 N–H and O–H groups in total. The number of carbonyl (C=O) groups excluding carboxylic acids is 1. The molecule has 1 amide bonds. The van der Waals surface area contributed by atoms with Crippen molar-refractivity contribution < 1.29 is 26.4 Å². The third-order valence-corrected chi connectivity index (χ3v) is 8.99. The minimum absolute atomic E-state index is 0.00944. The van der Waals surface area contributed by atoms with Crippen LogP contribution in [0.4, 0.5) is 13.2 Å². The summed E-state index contributed by atoms with van der Waals surface area (Å²) in [5.41, 5.74) is -2.72. The van der Waals surface area contributed by atoms with Crippen LogP contribution >= 0.6 is 0 Å². The Hall–Kier alpha value is -2.03. The molecule has 3 heterocycles. The highest BCUT2D eigenvalue weighted by atomic mass is 32.2. The Kier molecular flexibility index (Phi) is 3.84. The van der Waals surface area contributed by atoms with Gasteiger partial charge in [0.1, 0.15) is 0 Å². The Morgan fingerprint density at radius 1 is 1.35 bits per heavy atom. The molecule has 3 aliphatic carbocycles. The number of nitrogens with one attached hydrogen (secondary N) is 1. The average Bonchev–Trinajstić information content (AvgIpc) is 2.95. The van der Waals surface area contributed by atoms with Gasteiger partial charge in [-0.1, -0.05) is 6.92 Å². The fourth-order valence-electron chi connectivity index (χ4n) is 7.24. The van der Waals surface area contributed by atoms with E-state index in [9.17, 15) is 22.2 Å². The Morgan fingerprint density at radius 3 is 2.90 bits per heavy atom. The SMILES string of the molecule is CC(CC(=O)N1C2CC3CC4(C2)CC14C3)c1c[nH]c2ccc([OH+]S(=O)C(F)(F)F)cc12. The molecule has 2 aromatic rings. The zero-order valence-corrected chi connectivity index (χ0v) is 17.9. The standard InChI is InChI=1S/C22H23F3N2O3S/c1-12(4-19(28)27-14-5-13-7-20(9-14)11-21(20,27)8-13)17-10-26-18-3-2-15(6-16(17)18)30-31(29)22(23,24)25/h2-3,6,10,12-14,26H,4-5,7-9,11H2,1H3/p+1. The summed E-state index contributed by atoms with van der Waals surface area (Å²) in [6, 6.07) is 4.95. The van der Waals surface area contributed by atoms with Gasteiger partial charge in [-0.05, 0) is 61.0 Å². The highest BCUT2D eigenvalue weighted by molar-refractivity contribution is 7.80. The first-order valence-corrected chi connectivity index (χ1v) is 11.9. The molecule has 5 aliphatic rings. The van der Waals surface area contributed by atoms with E-state index in [0.29, 0.717) is 23.3 Å². The van der Waals surface area contributed by atoms with Crippen LogP contribution in [0.5, 0.6) is 5.75 Å². The van der Waals surface area contributed by atoms with Gasteiger partial charge in [0.25, 0.3) is 5.75 Å². The van der Waals surface area contributed by atoms with Gasteiger partial charge in [-0.2, -0.15) is 17.4 Å². The largest absolute Gasteiger partial charge is 0.558 e. The number of fused-ring (bicyclic) bond motifs is 1. The molecule has 2 saturated heterocycles. The molecule has 6 atom stereocenters. The molecule has 7 rings (SSSR count). The second-order valence-corrected chi connectivity index (χ2v) is 11.1. The number of benzene rings is 1. The number of rotatable bonds is 5. The molecule has 6 unspecified atom stereocenters. The normalized spacial score (nSPS) is 34.8. The highest BCUT2D eigenvalue weighted by Crippen LogP contribution is 2.81. The summed E-state index contributed by atoms with van der Waals surface area (Å²) in [4.78, 5) is 18.7. The number of aromatic hydroxyl groups is 1. The van der Waals surface area contributed by atoms with Gasteiger partial charge in [-0.3, -0.25) is 4.79 Å². The third kappa shape index (κ3) is 2.68. The van der Waals surface area contributed by atoms with Gasteiger partial charge in [0, 0.05) is 47.2 Å². The maximum absolute atomic E-state index is 13.3. The van der Waals surface area contributed by atoms with E-state index in [2.05, 4.69) is 14.1 Å². The van der Waals surface area contributed by atoms with Gasteiger partial charge in [-0.25, -0.2) is 0 Å². The van der Waals surface area contributed by atoms with Gasteiger partial charge in [0.2, 0.25) is 5.91 Å². The lowest BCUT2D eigenvalue weighted by molar-refractivity contribution is -0.138. The van der Waals surface area contributed by atoms with E-state index in [1.807, 2.05) is 13.1 Å². The van der Waals surface area contributed by atoms with Crippen LogP contribution in [0, 0.1) is 11.3 Å². The predicted molar refractivity (Wildman–Crippen MR) is 110 cm³/mol. The van der Waals surface area contributed by atoms with Crippen molar-refractivity contribution in [2.75, 3.05) is 0 Å².